The highest BCUT2D eigenvalue weighted by Crippen LogP contribution is 2.37. The molecule has 48 heavy (non-hydrogen) atoms. The number of amides is 3. The molecule has 262 valence electrons. The monoisotopic (exact) mass is 702 g/mol. The molecule has 0 bridgehead atoms. The number of benzene rings is 2. The van der Waals surface area contributed by atoms with Crippen LogP contribution in [-0.4, -0.2) is 61.3 Å². The zero-order chi connectivity index (χ0) is 36.1. The zero-order valence-electron chi connectivity index (χ0n) is 28.9. The molecule has 15 heteroatoms. The second-order valence-electron chi connectivity index (χ2n) is 13.6. The first-order chi connectivity index (χ1) is 22.1. The van der Waals surface area contributed by atoms with E-state index in [0.29, 0.717) is 30.1 Å². The number of nitrogens with zero attached hydrogens (tertiary/aromatic N) is 2. The standard InChI is InChI=1S/C33H46N6O7S2/c1-21(40)35-29-36-26(27(47-29)20-23-12-17-25(18-13-23)48(43,44)39(8)9)19-14-22-10-15-24(16-11-22)37-33(31(2,3)4,45-28(34)41)46-30(42)38-32(5,6)7/h10-13,15-18,37H,14,19-20H2,1-9H3,(H2,34,41)(H,38,42)(H,35,36,40). The van der Waals surface area contributed by atoms with Gasteiger partial charge in [-0.2, -0.15) is 0 Å². The van der Waals surface area contributed by atoms with Gasteiger partial charge in [0.2, 0.25) is 15.9 Å². The highest BCUT2D eigenvalue weighted by molar-refractivity contribution is 7.89. The van der Waals surface area contributed by atoms with Crippen molar-refractivity contribution in [3.63, 3.8) is 0 Å². The maximum atomic E-state index is 12.8. The van der Waals surface area contributed by atoms with Crippen molar-refractivity contribution in [3.05, 3.63) is 70.2 Å². The molecule has 3 amide bonds. The van der Waals surface area contributed by atoms with E-state index in [1.54, 1.807) is 77.9 Å². The van der Waals surface area contributed by atoms with Crippen LogP contribution in [0.3, 0.4) is 0 Å². The zero-order valence-corrected chi connectivity index (χ0v) is 30.5. The summed E-state index contributed by atoms with van der Waals surface area (Å²) in [5.41, 5.74) is 7.07. The van der Waals surface area contributed by atoms with Gasteiger partial charge in [-0.15, -0.1) is 11.3 Å². The summed E-state index contributed by atoms with van der Waals surface area (Å²) in [4.78, 5) is 42.3. The lowest BCUT2D eigenvalue weighted by Gasteiger charge is -2.42. The molecule has 0 saturated carbocycles. The van der Waals surface area contributed by atoms with Gasteiger partial charge in [0.25, 0.3) is 0 Å². The fourth-order valence-corrected chi connectivity index (χ4v) is 6.46. The van der Waals surface area contributed by atoms with Crippen LogP contribution in [0, 0.1) is 5.41 Å². The SMILES string of the molecule is CC(=O)Nc1nc(CCc2ccc(NC(OC(N)=O)(OC(=O)NC(C)(C)C)C(C)(C)C)cc2)c(Cc2ccc(S(=O)(=O)N(C)C)cc2)s1. The Kier molecular flexibility index (Phi) is 11.9. The molecule has 5 N–H and O–H groups in total. The Bertz CT molecular complexity index is 1710. The highest BCUT2D eigenvalue weighted by Gasteiger charge is 2.50. The van der Waals surface area contributed by atoms with E-state index in [2.05, 4.69) is 20.9 Å². The summed E-state index contributed by atoms with van der Waals surface area (Å²) in [6.07, 6.45) is -0.226. The molecular weight excluding hydrogens is 657 g/mol. The average Bonchev–Trinajstić information content (AvgIpc) is 3.30. The smallest absolute Gasteiger partial charge is 0.387 e. The van der Waals surface area contributed by atoms with E-state index in [-0.39, 0.29) is 10.8 Å². The summed E-state index contributed by atoms with van der Waals surface area (Å²) in [7, 11) is -0.567. The Labute approximate surface area is 286 Å². The van der Waals surface area contributed by atoms with E-state index in [0.717, 1.165) is 21.7 Å². The summed E-state index contributed by atoms with van der Waals surface area (Å²) >= 11 is 1.38. The van der Waals surface area contributed by atoms with E-state index >= 15 is 0 Å². The molecule has 0 radical (unpaired) electrons. The van der Waals surface area contributed by atoms with E-state index in [1.807, 2.05) is 12.1 Å². The lowest BCUT2D eigenvalue weighted by Crippen LogP contribution is -2.59. The van der Waals surface area contributed by atoms with Crippen LogP contribution in [-0.2, 0) is 43.6 Å². The topological polar surface area (TPSA) is 182 Å². The van der Waals surface area contributed by atoms with Gasteiger partial charge in [-0.3, -0.25) is 4.79 Å². The molecular formula is C33H46N6O7S2. The lowest BCUT2D eigenvalue weighted by atomic mass is 9.90. The Balaban J connectivity index is 1.81. The number of ether oxygens (including phenoxy) is 2. The van der Waals surface area contributed by atoms with Gasteiger partial charge in [0.15, 0.2) is 5.13 Å². The van der Waals surface area contributed by atoms with Crippen molar-refractivity contribution in [2.75, 3.05) is 24.7 Å². The van der Waals surface area contributed by atoms with Crippen molar-refractivity contribution >= 4 is 50.3 Å². The van der Waals surface area contributed by atoms with Crippen molar-refractivity contribution in [1.29, 1.82) is 0 Å². The van der Waals surface area contributed by atoms with Crippen LogP contribution in [0.2, 0.25) is 0 Å². The van der Waals surface area contributed by atoms with E-state index in [1.165, 1.54) is 36.7 Å². The number of carbonyl (C=O) groups excluding carboxylic acids is 3. The number of alkyl carbamates (subject to hydrolysis) is 1. The van der Waals surface area contributed by atoms with Gasteiger partial charge >= 0.3 is 18.1 Å². The molecule has 0 fully saturated rings. The van der Waals surface area contributed by atoms with Crippen LogP contribution in [0.4, 0.5) is 20.4 Å². The summed E-state index contributed by atoms with van der Waals surface area (Å²) in [5, 5.41) is 9.02. The number of nitrogens with two attached hydrogens (primary N) is 1. The minimum atomic E-state index is -3.54. The average molecular weight is 703 g/mol. The minimum Gasteiger partial charge on any atom is -0.387 e. The summed E-state index contributed by atoms with van der Waals surface area (Å²) in [6.45, 7) is 12.0. The van der Waals surface area contributed by atoms with Gasteiger partial charge in [0.1, 0.15) is 0 Å². The molecule has 3 rings (SSSR count). The molecule has 0 aliphatic rings. The molecule has 2 aromatic carbocycles. The van der Waals surface area contributed by atoms with Gasteiger partial charge in [-0.1, -0.05) is 45.0 Å². The van der Waals surface area contributed by atoms with Crippen molar-refractivity contribution < 1.29 is 32.3 Å². The van der Waals surface area contributed by atoms with Gasteiger partial charge in [-0.05, 0) is 69.0 Å². The van der Waals surface area contributed by atoms with Gasteiger partial charge < -0.3 is 31.2 Å². The lowest BCUT2D eigenvalue weighted by molar-refractivity contribution is -0.202. The van der Waals surface area contributed by atoms with E-state index in [9.17, 15) is 22.8 Å². The molecule has 1 atom stereocenters. The highest BCUT2D eigenvalue weighted by atomic mass is 32.2. The number of anilines is 2. The number of nitrogens with one attached hydrogen (secondary N) is 3. The molecule has 0 spiro atoms. The van der Waals surface area contributed by atoms with Crippen molar-refractivity contribution in [1.82, 2.24) is 14.6 Å². The normalized spacial score (nSPS) is 13.4. The molecule has 1 unspecified atom stereocenters. The second kappa shape index (κ2) is 14.9. The number of hydrogen-bond acceptors (Lipinski definition) is 10. The first-order valence-corrected chi connectivity index (χ1v) is 17.5. The number of hydrogen-bond donors (Lipinski definition) is 4. The quantitative estimate of drug-likeness (QED) is 0.178. The number of rotatable bonds is 12. The largest absolute Gasteiger partial charge is 0.412 e. The molecule has 1 heterocycles. The molecule has 0 saturated heterocycles. The summed E-state index contributed by atoms with van der Waals surface area (Å²) in [6, 6.07) is 14.1. The molecule has 1 aromatic heterocycles. The molecule has 3 aromatic rings. The molecule has 0 aliphatic carbocycles. The summed E-state index contributed by atoms with van der Waals surface area (Å²) < 4.78 is 37.2. The van der Waals surface area contributed by atoms with Gasteiger partial charge in [-0.25, -0.2) is 27.3 Å². The van der Waals surface area contributed by atoms with Crippen LogP contribution in [0.5, 0.6) is 0 Å². The van der Waals surface area contributed by atoms with Crippen LogP contribution < -0.4 is 21.7 Å². The third-order valence-electron chi connectivity index (χ3n) is 6.99. The molecule has 0 aliphatic heterocycles. The number of primary amides is 1. The van der Waals surface area contributed by atoms with E-state index in [4.69, 9.17) is 15.2 Å². The van der Waals surface area contributed by atoms with Gasteiger partial charge in [0.05, 0.1) is 16.0 Å². The minimum absolute atomic E-state index is 0.207. The number of aryl methyl sites for hydroxylation is 2. The fourth-order valence-electron chi connectivity index (χ4n) is 4.47. The van der Waals surface area contributed by atoms with Crippen molar-refractivity contribution in [2.24, 2.45) is 11.1 Å². The van der Waals surface area contributed by atoms with Crippen molar-refractivity contribution in [3.8, 4) is 0 Å². The summed E-state index contributed by atoms with van der Waals surface area (Å²) in [5.74, 6) is -2.16. The Morgan fingerprint density at radius 3 is 1.98 bits per heavy atom. The number of sulfonamides is 1. The van der Waals surface area contributed by atoms with E-state index < -0.39 is 39.1 Å². The second-order valence-corrected chi connectivity index (χ2v) is 16.8. The first kappa shape index (κ1) is 38.2. The maximum absolute atomic E-state index is 12.8. The van der Waals surface area contributed by atoms with Crippen LogP contribution >= 0.6 is 11.3 Å². The van der Waals surface area contributed by atoms with Crippen LogP contribution in [0.25, 0.3) is 0 Å². The van der Waals surface area contributed by atoms with Crippen LogP contribution in [0.15, 0.2) is 53.4 Å². The number of carbonyl (C=O) groups is 3. The Morgan fingerprint density at radius 2 is 1.48 bits per heavy atom. The predicted molar refractivity (Wildman–Crippen MR) is 186 cm³/mol. The van der Waals surface area contributed by atoms with Crippen molar-refractivity contribution in [2.45, 2.75) is 84.1 Å². The number of thiazole rings is 1. The maximum Gasteiger partial charge on any atom is 0.412 e. The van der Waals surface area contributed by atoms with Gasteiger partial charge in [0, 0.05) is 43.5 Å². The number of aromatic nitrogens is 1. The predicted octanol–water partition coefficient (Wildman–Crippen LogP) is 5.46. The fraction of sp³-hybridized carbons (Fsp3) is 0.455. The Hall–Kier alpha value is -4.21. The third kappa shape index (κ3) is 10.4. The first-order valence-electron chi connectivity index (χ1n) is 15.2. The third-order valence-corrected chi connectivity index (χ3v) is 9.83. The molecule has 13 nitrogen and oxygen atoms in total. The van der Waals surface area contributed by atoms with Crippen LogP contribution in [0.1, 0.15) is 70.2 Å². The Morgan fingerprint density at radius 1 is 0.896 bits per heavy atom.